The fourth-order valence-corrected chi connectivity index (χ4v) is 4.49. The van der Waals surface area contributed by atoms with Crippen molar-refractivity contribution >= 4 is 17.7 Å². The first-order chi connectivity index (χ1) is 16.0. The number of ether oxygens (including phenoxy) is 1. The summed E-state index contributed by atoms with van der Waals surface area (Å²) in [5.74, 6) is -1.01. The zero-order valence-electron chi connectivity index (χ0n) is 19.5. The van der Waals surface area contributed by atoms with Crippen molar-refractivity contribution in [2.24, 2.45) is 5.41 Å². The molecule has 34 heavy (non-hydrogen) atoms. The Labute approximate surface area is 197 Å². The van der Waals surface area contributed by atoms with Crippen LogP contribution in [-0.4, -0.2) is 61.0 Å². The molecule has 1 spiro atoms. The van der Waals surface area contributed by atoms with Crippen molar-refractivity contribution in [3.05, 3.63) is 35.4 Å². The van der Waals surface area contributed by atoms with Gasteiger partial charge in [-0.25, -0.2) is 0 Å². The first kappa shape index (κ1) is 26.0. The maximum Gasteiger partial charge on any atom is 0.416 e. The average Bonchev–Trinajstić information content (AvgIpc) is 2.80. The van der Waals surface area contributed by atoms with Crippen LogP contribution >= 0.6 is 0 Å². The number of carbonyl (C=O) groups is 3. The molecule has 2 aliphatic rings. The van der Waals surface area contributed by atoms with Gasteiger partial charge in [-0.15, -0.1) is 0 Å². The molecular formula is C24H32F3N3O4. The summed E-state index contributed by atoms with van der Waals surface area (Å²) in [5, 5.41) is 5.65. The number of nitrogens with one attached hydrogen (secondary N) is 2. The van der Waals surface area contributed by atoms with E-state index in [9.17, 15) is 27.6 Å². The van der Waals surface area contributed by atoms with Gasteiger partial charge < -0.3 is 20.3 Å². The number of likely N-dealkylation sites (tertiary alicyclic amines) is 1. The summed E-state index contributed by atoms with van der Waals surface area (Å²) < 4.78 is 44.8. The molecule has 188 valence electrons. The maximum absolute atomic E-state index is 13.3. The standard InChI is InChI=1S/C24H32F3N3O4/c1-16-15-34-13-4-3-8-23(22(33)29-17(2)20(31)28-16)9-11-30(12-10-23)21(32)18-6-5-7-19(14-18)24(25,26)27/h5-7,14,16-17H,3-4,8-13,15H2,1-2H3,(H,28,31)(H,29,33)/t16-,17-/m0/s1. The predicted molar refractivity (Wildman–Crippen MR) is 119 cm³/mol. The van der Waals surface area contributed by atoms with E-state index < -0.39 is 29.1 Å². The van der Waals surface area contributed by atoms with Crippen LogP contribution in [0.5, 0.6) is 0 Å². The summed E-state index contributed by atoms with van der Waals surface area (Å²) in [5.41, 5.74) is -1.65. The van der Waals surface area contributed by atoms with Crippen LogP contribution in [-0.2, 0) is 20.5 Å². The minimum atomic E-state index is -4.53. The van der Waals surface area contributed by atoms with E-state index >= 15 is 0 Å². The van der Waals surface area contributed by atoms with Gasteiger partial charge in [0.25, 0.3) is 5.91 Å². The topological polar surface area (TPSA) is 87.7 Å². The smallest absolute Gasteiger partial charge is 0.379 e. The van der Waals surface area contributed by atoms with E-state index in [1.165, 1.54) is 17.0 Å². The van der Waals surface area contributed by atoms with E-state index in [0.29, 0.717) is 32.5 Å². The lowest BCUT2D eigenvalue weighted by Crippen LogP contribution is -2.55. The molecule has 3 amide bonds. The Balaban J connectivity index is 1.71. The SMILES string of the molecule is C[C@@H]1NC(=O)C2(CCCCOC[C@H](C)NC1=O)CCN(C(=O)c1cccc(C(F)(F)F)c1)CC2. The highest BCUT2D eigenvalue weighted by Gasteiger charge is 2.43. The molecule has 2 saturated heterocycles. The van der Waals surface area contributed by atoms with E-state index in [0.717, 1.165) is 25.0 Å². The normalized spacial score (nSPS) is 24.9. The van der Waals surface area contributed by atoms with Crippen LogP contribution in [0.3, 0.4) is 0 Å². The Hall–Kier alpha value is -2.62. The Morgan fingerprint density at radius 2 is 1.79 bits per heavy atom. The van der Waals surface area contributed by atoms with Gasteiger partial charge in [0.2, 0.25) is 11.8 Å². The number of hydrogen-bond acceptors (Lipinski definition) is 4. The van der Waals surface area contributed by atoms with Crippen molar-refractivity contribution < 1.29 is 32.3 Å². The fraction of sp³-hybridized carbons (Fsp3) is 0.625. The van der Waals surface area contributed by atoms with Gasteiger partial charge in [0, 0.05) is 31.3 Å². The van der Waals surface area contributed by atoms with Gasteiger partial charge in [0.05, 0.1) is 17.6 Å². The number of amides is 3. The molecule has 2 N–H and O–H groups in total. The highest BCUT2D eigenvalue weighted by atomic mass is 19.4. The summed E-state index contributed by atoms with van der Waals surface area (Å²) in [4.78, 5) is 40.1. The molecule has 0 saturated carbocycles. The van der Waals surface area contributed by atoms with Crippen molar-refractivity contribution in [1.82, 2.24) is 15.5 Å². The summed E-state index contributed by atoms with van der Waals surface area (Å²) in [6.07, 6.45) is -1.70. The number of carbonyl (C=O) groups excluding carboxylic acids is 3. The number of nitrogens with zero attached hydrogens (tertiary/aromatic N) is 1. The second-order valence-electron chi connectivity index (χ2n) is 9.29. The zero-order chi connectivity index (χ0) is 24.9. The van der Waals surface area contributed by atoms with Crippen molar-refractivity contribution in [2.45, 2.75) is 64.2 Å². The van der Waals surface area contributed by atoms with Crippen molar-refractivity contribution in [3.63, 3.8) is 0 Å². The quantitative estimate of drug-likeness (QED) is 0.643. The average molecular weight is 484 g/mol. The van der Waals surface area contributed by atoms with E-state index in [1.807, 2.05) is 6.92 Å². The molecule has 10 heteroatoms. The third-order valence-corrected chi connectivity index (χ3v) is 6.62. The number of piperidine rings is 1. The lowest BCUT2D eigenvalue weighted by molar-refractivity contribution is -0.138. The summed E-state index contributed by atoms with van der Waals surface area (Å²) in [7, 11) is 0. The molecule has 0 unspecified atom stereocenters. The van der Waals surface area contributed by atoms with Crippen LogP contribution in [0, 0.1) is 5.41 Å². The van der Waals surface area contributed by atoms with Crippen LogP contribution in [0.4, 0.5) is 13.2 Å². The molecule has 0 aliphatic carbocycles. The molecule has 0 radical (unpaired) electrons. The molecule has 7 nitrogen and oxygen atoms in total. The van der Waals surface area contributed by atoms with Gasteiger partial charge in [-0.1, -0.05) is 12.5 Å². The molecule has 1 aromatic carbocycles. The van der Waals surface area contributed by atoms with Crippen molar-refractivity contribution in [1.29, 1.82) is 0 Å². The highest BCUT2D eigenvalue weighted by molar-refractivity contribution is 5.95. The Morgan fingerprint density at radius 3 is 2.47 bits per heavy atom. The molecule has 0 aromatic heterocycles. The second-order valence-corrected chi connectivity index (χ2v) is 9.29. The van der Waals surface area contributed by atoms with Crippen LogP contribution in [0.25, 0.3) is 0 Å². The maximum atomic E-state index is 13.3. The molecule has 1 aromatic rings. The van der Waals surface area contributed by atoms with Crippen molar-refractivity contribution in [3.8, 4) is 0 Å². The molecule has 2 aliphatic heterocycles. The van der Waals surface area contributed by atoms with Gasteiger partial charge in [0.1, 0.15) is 6.04 Å². The minimum absolute atomic E-state index is 0.0262. The zero-order valence-corrected chi connectivity index (χ0v) is 19.5. The van der Waals surface area contributed by atoms with Crippen LogP contribution in [0.1, 0.15) is 61.9 Å². The van der Waals surface area contributed by atoms with Crippen LogP contribution in [0.2, 0.25) is 0 Å². The Kier molecular flexibility index (Phi) is 8.22. The third kappa shape index (κ3) is 6.28. The predicted octanol–water partition coefficient (Wildman–Crippen LogP) is 3.14. The van der Waals surface area contributed by atoms with Gasteiger partial charge >= 0.3 is 6.18 Å². The summed E-state index contributed by atoms with van der Waals surface area (Å²) >= 11 is 0. The fourth-order valence-electron chi connectivity index (χ4n) is 4.49. The summed E-state index contributed by atoms with van der Waals surface area (Å²) in [6.45, 7) is 4.87. The largest absolute Gasteiger partial charge is 0.416 e. The lowest BCUT2D eigenvalue weighted by atomic mass is 9.73. The monoisotopic (exact) mass is 483 g/mol. The third-order valence-electron chi connectivity index (χ3n) is 6.62. The molecular weight excluding hydrogens is 451 g/mol. The van der Waals surface area contributed by atoms with E-state index in [4.69, 9.17) is 4.74 Å². The number of benzene rings is 1. The van der Waals surface area contributed by atoms with Crippen molar-refractivity contribution in [2.75, 3.05) is 26.3 Å². The Bertz CT molecular complexity index is 898. The number of alkyl halides is 3. The van der Waals surface area contributed by atoms with Gasteiger partial charge in [-0.2, -0.15) is 13.2 Å². The van der Waals surface area contributed by atoms with Gasteiger partial charge in [-0.3, -0.25) is 14.4 Å². The molecule has 3 rings (SSSR count). The first-order valence-electron chi connectivity index (χ1n) is 11.7. The molecule has 0 bridgehead atoms. The van der Waals surface area contributed by atoms with Crippen LogP contribution in [0.15, 0.2) is 24.3 Å². The first-order valence-corrected chi connectivity index (χ1v) is 11.7. The van der Waals surface area contributed by atoms with Gasteiger partial charge in [-0.05, 0) is 57.7 Å². The van der Waals surface area contributed by atoms with E-state index in [-0.39, 0.29) is 36.5 Å². The molecule has 2 atom stereocenters. The van der Waals surface area contributed by atoms with Crippen LogP contribution < -0.4 is 10.6 Å². The molecule has 2 heterocycles. The number of rotatable bonds is 1. The summed E-state index contributed by atoms with van der Waals surface area (Å²) in [6, 6.07) is 3.49. The Morgan fingerprint density at radius 1 is 1.09 bits per heavy atom. The highest BCUT2D eigenvalue weighted by Crippen LogP contribution is 2.38. The second kappa shape index (κ2) is 10.8. The van der Waals surface area contributed by atoms with E-state index in [2.05, 4.69) is 10.6 Å². The van der Waals surface area contributed by atoms with E-state index in [1.54, 1.807) is 6.92 Å². The van der Waals surface area contributed by atoms with Gasteiger partial charge in [0.15, 0.2) is 0 Å². The molecule has 2 fully saturated rings. The lowest BCUT2D eigenvalue weighted by Gasteiger charge is -2.41. The minimum Gasteiger partial charge on any atom is -0.379 e. The number of halogens is 3. The number of hydrogen-bond donors (Lipinski definition) is 2.